The fraction of sp³-hybridized carbons (Fsp3) is 0.462. The molecule has 0 fully saturated rings. The predicted molar refractivity (Wildman–Crippen MR) is 64.0 cm³/mol. The number of hydrogen-bond acceptors (Lipinski definition) is 3. The van der Waals surface area contributed by atoms with Crippen molar-refractivity contribution < 1.29 is 9.47 Å². The molecule has 0 aliphatic carbocycles. The Kier molecular flexibility index (Phi) is 3.44. The molecule has 0 bridgehead atoms. The molecule has 0 spiro atoms. The highest BCUT2D eigenvalue weighted by Gasteiger charge is 2.21. The van der Waals surface area contributed by atoms with Gasteiger partial charge in [0.05, 0.1) is 6.04 Å². The van der Waals surface area contributed by atoms with Crippen molar-refractivity contribution in [2.45, 2.75) is 19.9 Å². The van der Waals surface area contributed by atoms with E-state index in [2.05, 4.69) is 18.8 Å². The number of rotatable bonds is 4. The average molecular weight is 219 g/mol. The highest BCUT2D eigenvalue weighted by molar-refractivity contribution is 5.79. The molecule has 1 aromatic rings. The van der Waals surface area contributed by atoms with Crippen molar-refractivity contribution in [2.75, 3.05) is 13.2 Å². The molecule has 16 heavy (non-hydrogen) atoms. The first-order chi connectivity index (χ1) is 7.75. The molecule has 3 nitrogen and oxygen atoms in total. The van der Waals surface area contributed by atoms with Crippen molar-refractivity contribution in [1.82, 2.24) is 0 Å². The third-order valence-electron chi connectivity index (χ3n) is 2.61. The third kappa shape index (κ3) is 2.75. The zero-order valence-corrected chi connectivity index (χ0v) is 9.72. The van der Waals surface area contributed by atoms with Crippen LogP contribution in [0.15, 0.2) is 35.3 Å². The van der Waals surface area contributed by atoms with E-state index in [1.54, 1.807) is 0 Å². The molecule has 1 aliphatic heterocycles. The first-order valence-electron chi connectivity index (χ1n) is 5.63. The fourth-order valence-electron chi connectivity index (χ4n) is 1.52. The first kappa shape index (κ1) is 11.0. The highest BCUT2D eigenvalue weighted by atomic mass is 16.5. The number of nitrogens with zero attached hydrogens (tertiary/aromatic N) is 1. The molecule has 0 unspecified atom stereocenters. The molecule has 0 radical (unpaired) electrons. The van der Waals surface area contributed by atoms with E-state index in [4.69, 9.17) is 9.47 Å². The van der Waals surface area contributed by atoms with Gasteiger partial charge in [0.25, 0.3) is 0 Å². The lowest BCUT2D eigenvalue weighted by Crippen LogP contribution is -2.13. The fourth-order valence-corrected chi connectivity index (χ4v) is 1.52. The van der Waals surface area contributed by atoms with E-state index in [1.165, 1.54) is 0 Å². The summed E-state index contributed by atoms with van der Waals surface area (Å²) >= 11 is 0. The standard InChI is InChI=1S/C13H17NO2/c1-10(2)12-8-16-13(14-12)9-15-11-6-4-3-5-7-11/h3-7,10,12H,8-9H2,1-2H3/t12-/m1/s1. The van der Waals surface area contributed by atoms with Crippen LogP contribution < -0.4 is 4.74 Å². The Morgan fingerprint density at radius 1 is 1.38 bits per heavy atom. The third-order valence-corrected chi connectivity index (χ3v) is 2.61. The Bertz CT molecular complexity index is 359. The van der Waals surface area contributed by atoms with Crippen molar-refractivity contribution in [3.05, 3.63) is 30.3 Å². The zero-order chi connectivity index (χ0) is 11.4. The van der Waals surface area contributed by atoms with Gasteiger partial charge in [-0.2, -0.15) is 0 Å². The van der Waals surface area contributed by atoms with Gasteiger partial charge in [-0.05, 0) is 18.1 Å². The van der Waals surface area contributed by atoms with Crippen LogP contribution in [-0.4, -0.2) is 25.2 Å². The molecule has 1 aromatic carbocycles. The molecule has 0 amide bonds. The minimum absolute atomic E-state index is 0.286. The average Bonchev–Trinajstić information content (AvgIpc) is 2.76. The van der Waals surface area contributed by atoms with Crippen LogP contribution in [0.5, 0.6) is 5.75 Å². The van der Waals surface area contributed by atoms with Gasteiger partial charge in [0.2, 0.25) is 5.90 Å². The highest BCUT2D eigenvalue weighted by Crippen LogP contribution is 2.14. The summed E-state index contributed by atoms with van der Waals surface area (Å²) in [6.45, 7) is 5.41. The van der Waals surface area contributed by atoms with E-state index in [9.17, 15) is 0 Å². The molecular formula is C13H17NO2. The smallest absolute Gasteiger partial charge is 0.222 e. The van der Waals surface area contributed by atoms with E-state index in [1.807, 2.05) is 30.3 Å². The topological polar surface area (TPSA) is 30.8 Å². The van der Waals surface area contributed by atoms with Gasteiger partial charge in [-0.3, -0.25) is 0 Å². The van der Waals surface area contributed by atoms with Gasteiger partial charge < -0.3 is 9.47 Å². The SMILES string of the molecule is CC(C)[C@H]1COC(COc2ccccc2)=N1. The first-order valence-corrected chi connectivity index (χ1v) is 5.63. The molecule has 1 atom stereocenters. The second-order valence-electron chi connectivity index (χ2n) is 4.25. The molecule has 0 N–H and O–H groups in total. The van der Waals surface area contributed by atoms with Crippen LogP contribution >= 0.6 is 0 Å². The van der Waals surface area contributed by atoms with Crippen LogP contribution in [0.4, 0.5) is 0 Å². The minimum atomic E-state index is 0.286. The van der Waals surface area contributed by atoms with Gasteiger partial charge in [0, 0.05) is 0 Å². The van der Waals surface area contributed by atoms with Crippen molar-refractivity contribution in [2.24, 2.45) is 10.9 Å². The summed E-state index contributed by atoms with van der Waals surface area (Å²) in [5.41, 5.74) is 0. The zero-order valence-electron chi connectivity index (χ0n) is 9.72. The normalized spacial score (nSPS) is 19.4. The maximum atomic E-state index is 5.56. The van der Waals surface area contributed by atoms with E-state index in [0.717, 1.165) is 5.75 Å². The van der Waals surface area contributed by atoms with Crippen LogP contribution in [0.25, 0.3) is 0 Å². The molecule has 0 saturated carbocycles. The Morgan fingerprint density at radius 2 is 2.12 bits per heavy atom. The molecule has 1 aliphatic rings. The number of para-hydroxylation sites is 1. The second-order valence-corrected chi connectivity index (χ2v) is 4.25. The Morgan fingerprint density at radius 3 is 2.75 bits per heavy atom. The molecule has 86 valence electrons. The predicted octanol–water partition coefficient (Wildman–Crippen LogP) is 2.52. The maximum absolute atomic E-state index is 5.56. The summed E-state index contributed by atoms with van der Waals surface area (Å²) < 4.78 is 11.0. The van der Waals surface area contributed by atoms with Gasteiger partial charge in [-0.25, -0.2) is 4.99 Å². The maximum Gasteiger partial charge on any atom is 0.222 e. The second kappa shape index (κ2) is 5.01. The largest absolute Gasteiger partial charge is 0.484 e. The quantitative estimate of drug-likeness (QED) is 0.779. The Balaban J connectivity index is 1.86. The summed E-state index contributed by atoms with van der Waals surface area (Å²) in [4.78, 5) is 4.47. The Hall–Kier alpha value is -1.51. The summed E-state index contributed by atoms with van der Waals surface area (Å²) in [6, 6.07) is 10.00. The van der Waals surface area contributed by atoms with Crippen molar-refractivity contribution >= 4 is 5.90 Å². The summed E-state index contributed by atoms with van der Waals surface area (Å²) in [6.07, 6.45) is 0. The van der Waals surface area contributed by atoms with Crippen molar-refractivity contribution in [3.63, 3.8) is 0 Å². The molecular weight excluding hydrogens is 202 g/mol. The molecule has 1 heterocycles. The molecule has 3 heteroatoms. The summed E-state index contributed by atoms with van der Waals surface area (Å²) in [7, 11) is 0. The minimum Gasteiger partial charge on any atom is -0.484 e. The summed E-state index contributed by atoms with van der Waals surface area (Å²) in [5.74, 6) is 2.08. The van der Waals surface area contributed by atoms with E-state index in [-0.39, 0.29) is 6.04 Å². The Labute approximate surface area is 96.1 Å². The van der Waals surface area contributed by atoms with Gasteiger partial charge in [-0.1, -0.05) is 32.0 Å². The van der Waals surface area contributed by atoms with Gasteiger partial charge in [0.15, 0.2) is 6.61 Å². The molecule has 0 saturated heterocycles. The van der Waals surface area contributed by atoms with Crippen molar-refractivity contribution in [3.8, 4) is 5.75 Å². The lowest BCUT2D eigenvalue weighted by atomic mass is 10.1. The lowest BCUT2D eigenvalue weighted by Gasteiger charge is -2.06. The summed E-state index contributed by atoms with van der Waals surface area (Å²) in [5, 5.41) is 0. The van der Waals surface area contributed by atoms with Crippen LogP contribution in [-0.2, 0) is 4.74 Å². The molecule has 2 rings (SSSR count). The van der Waals surface area contributed by atoms with Crippen molar-refractivity contribution in [1.29, 1.82) is 0 Å². The molecule has 0 aromatic heterocycles. The van der Waals surface area contributed by atoms with Gasteiger partial charge in [-0.15, -0.1) is 0 Å². The number of ether oxygens (including phenoxy) is 2. The lowest BCUT2D eigenvalue weighted by molar-refractivity contribution is 0.264. The number of aliphatic imine (C=N–C) groups is 1. The van der Waals surface area contributed by atoms with E-state index in [0.29, 0.717) is 25.0 Å². The van der Waals surface area contributed by atoms with E-state index >= 15 is 0 Å². The number of hydrogen-bond donors (Lipinski definition) is 0. The van der Waals surface area contributed by atoms with Gasteiger partial charge in [0.1, 0.15) is 12.4 Å². The van der Waals surface area contributed by atoms with Crippen LogP contribution in [0, 0.1) is 5.92 Å². The van der Waals surface area contributed by atoms with Crippen LogP contribution in [0.3, 0.4) is 0 Å². The monoisotopic (exact) mass is 219 g/mol. The number of benzene rings is 1. The van der Waals surface area contributed by atoms with Gasteiger partial charge >= 0.3 is 0 Å². The van der Waals surface area contributed by atoms with Crippen LogP contribution in [0.1, 0.15) is 13.8 Å². The van der Waals surface area contributed by atoms with E-state index < -0.39 is 0 Å². The van der Waals surface area contributed by atoms with Crippen LogP contribution in [0.2, 0.25) is 0 Å².